The molecule has 5 heteroatoms. The molecule has 0 radical (unpaired) electrons. The maximum absolute atomic E-state index is 13.3. The number of aryl methyl sites for hydroxylation is 2. The first-order valence-electron chi connectivity index (χ1n) is 7.85. The lowest BCUT2D eigenvalue weighted by molar-refractivity contribution is 0.0830. The highest BCUT2D eigenvalue weighted by molar-refractivity contribution is 7.92. The van der Waals surface area contributed by atoms with Crippen molar-refractivity contribution in [2.24, 2.45) is 0 Å². The van der Waals surface area contributed by atoms with Crippen LogP contribution in [0.5, 0.6) is 0 Å². The predicted octanol–water partition coefficient (Wildman–Crippen LogP) is 3.58. The van der Waals surface area contributed by atoms with Crippen molar-refractivity contribution < 1.29 is 13.2 Å². The number of para-hydroxylation sites is 1. The topological polar surface area (TPSA) is 46.6 Å². The van der Waals surface area contributed by atoms with Crippen LogP contribution in [-0.4, -0.2) is 21.1 Å². The Morgan fingerprint density at radius 3 is 2.54 bits per heavy atom. The first-order chi connectivity index (χ1) is 11.4. The van der Waals surface area contributed by atoms with Gasteiger partial charge >= 0.3 is 0 Å². The third kappa shape index (κ3) is 2.97. The van der Waals surface area contributed by atoms with Gasteiger partial charge in [-0.15, -0.1) is 6.58 Å². The molecule has 0 aromatic heterocycles. The molecule has 126 valence electrons. The van der Waals surface area contributed by atoms with Gasteiger partial charge in [0.25, 0.3) is 10.0 Å². The second-order valence-corrected chi connectivity index (χ2v) is 7.88. The van der Waals surface area contributed by atoms with E-state index in [1.54, 1.807) is 18.2 Å². The number of ether oxygens (including phenoxy) is 1. The van der Waals surface area contributed by atoms with Crippen LogP contribution in [0.3, 0.4) is 0 Å². The molecule has 4 nitrogen and oxygen atoms in total. The molecule has 1 atom stereocenters. The summed E-state index contributed by atoms with van der Waals surface area (Å²) in [4.78, 5) is 0.284. The number of fused-ring (bicyclic) bond motifs is 1. The van der Waals surface area contributed by atoms with Crippen LogP contribution in [0.15, 0.2) is 60.0 Å². The van der Waals surface area contributed by atoms with Gasteiger partial charge in [0, 0.05) is 5.56 Å². The summed E-state index contributed by atoms with van der Waals surface area (Å²) in [6, 6.07) is 12.7. The Labute approximate surface area is 143 Å². The second kappa shape index (κ2) is 6.42. The van der Waals surface area contributed by atoms with E-state index >= 15 is 0 Å². The largest absolute Gasteiger partial charge is 0.368 e. The smallest absolute Gasteiger partial charge is 0.264 e. The van der Waals surface area contributed by atoms with Gasteiger partial charge in [-0.25, -0.2) is 8.42 Å². The zero-order valence-electron chi connectivity index (χ0n) is 13.9. The molecule has 1 aliphatic rings. The zero-order chi connectivity index (χ0) is 17.3. The Morgan fingerprint density at radius 1 is 1.17 bits per heavy atom. The van der Waals surface area contributed by atoms with Crippen molar-refractivity contribution in [3.05, 3.63) is 71.8 Å². The molecule has 0 aliphatic carbocycles. The highest BCUT2D eigenvalue weighted by Crippen LogP contribution is 2.33. The quantitative estimate of drug-likeness (QED) is 0.800. The van der Waals surface area contributed by atoms with E-state index in [1.807, 2.05) is 44.2 Å². The third-order valence-corrected chi connectivity index (χ3v) is 6.02. The number of rotatable bonds is 3. The number of sulfonamides is 1. The highest BCUT2D eigenvalue weighted by atomic mass is 32.2. The standard InChI is InChI=1S/C19H21NO3S/c1-4-17-12-20(19-15(3)6-5-7-16(19)13-23-17)24(21,22)18-10-8-14(2)9-11-18/h4-11,17H,1,12-13H2,2-3H3/t17-/m0/s1. The van der Waals surface area contributed by atoms with Gasteiger partial charge in [0.15, 0.2) is 0 Å². The van der Waals surface area contributed by atoms with E-state index in [0.29, 0.717) is 12.3 Å². The number of anilines is 1. The van der Waals surface area contributed by atoms with Crippen molar-refractivity contribution in [1.29, 1.82) is 0 Å². The molecule has 24 heavy (non-hydrogen) atoms. The van der Waals surface area contributed by atoms with E-state index in [0.717, 1.165) is 16.7 Å². The van der Waals surface area contributed by atoms with E-state index in [2.05, 4.69) is 6.58 Å². The van der Waals surface area contributed by atoms with Crippen LogP contribution in [0.25, 0.3) is 0 Å². The molecule has 0 saturated carbocycles. The van der Waals surface area contributed by atoms with Crippen molar-refractivity contribution in [3.8, 4) is 0 Å². The lowest BCUT2D eigenvalue weighted by Crippen LogP contribution is -2.37. The fourth-order valence-electron chi connectivity index (χ4n) is 2.90. The normalized spacial score (nSPS) is 17.9. The molecule has 2 aromatic rings. The van der Waals surface area contributed by atoms with Crippen LogP contribution >= 0.6 is 0 Å². The number of hydrogen-bond acceptors (Lipinski definition) is 3. The molecule has 1 heterocycles. The molecule has 1 aliphatic heterocycles. The fraction of sp³-hybridized carbons (Fsp3) is 0.263. The second-order valence-electron chi connectivity index (χ2n) is 6.02. The predicted molar refractivity (Wildman–Crippen MR) is 95.7 cm³/mol. The van der Waals surface area contributed by atoms with E-state index in [1.165, 1.54) is 4.31 Å². The van der Waals surface area contributed by atoms with E-state index in [4.69, 9.17) is 4.74 Å². The molecule has 0 N–H and O–H groups in total. The van der Waals surface area contributed by atoms with Gasteiger partial charge in [0.05, 0.1) is 29.8 Å². The Hall–Kier alpha value is -2.11. The van der Waals surface area contributed by atoms with Gasteiger partial charge in [0.2, 0.25) is 0 Å². The molecule has 0 saturated heterocycles. The number of nitrogens with zero attached hydrogens (tertiary/aromatic N) is 1. The molecule has 0 fully saturated rings. The van der Waals surface area contributed by atoms with Crippen LogP contribution < -0.4 is 4.31 Å². The van der Waals surface area contributed by atoms with Gasteiger partial charge < -0.3 is 4.74 Å². The maximum Gasteiger partial charge on any atom is 0.264 e. The van der Waals surface area contributed by atoms with Crippen molar-refractivity contribution in [1.82, 2.24) is 0 Å². The molecule has 0 bridgehead atoms. The Balaban J connectivity index is 2.16. The monoisotopic (exact) mass is 343 g/mol. The average Bonchev–Trinajstić information content (AvgIpc) is 2.76. The minimum absolute atomic E-state index is 0.220. The first-order valence-corrected chi connectivity index (χ1v) is 9.29. The highest BCUT2D eigenvalue weighted by Gasteiger charge is 2.32. The number of hydrogen-bond donors (Lipinski definition) is 0. The van der Waals surface area contributed by atoms with Gasteiger partial charge in [0.1, 0.15) is 0 Å². The summed E-state index contributed by atoms with van der Waals surface area (Å²) in [6.45, 7) is 8.21. The molecule has 3 rings (SSSR count). The summed E-state index contributed by atoms with van der Waals surface area (Å²) in [5.74, 6) is 0. The van der Waals surface area contributed by atoms with Crippen LogP contribution in [0.4, 0.5) is 5.69 Å². The Morgan fingerprint density at radius 2 is 1.88 bits per heavy atom. The summed E-state index contributed by atoms with van der Waals surface area (Å²) in [7, 11) is -3.68. The number of benzene rings is 2. The zero-order valence-corrected chi connectivity index (χ0v) is 14.7. The summed E-state index contributed by atoms with van der Waals surface area (Å²) in [5, 5.41) is 0. The minimum atomic E-state index is -3.68. The molecule has 0 amide bonds. The molecular formula is C19H21NO3S. The van der Waals surface area contributed by atoms with Gasteiger partial charge in [-0.3, -0.25) is 4.31 Å². The van der Waals surface area contributed by atoms with Crippen molar-refractivity contribution >= 4 is 15.7 Å². The Kier molecular flexibility index (Phi) is 4.47. The van der Waals surface area contributed by atoms with Crippen molar-refractivity contribution in [3.63, 3.8) is 0 Å². The lowest BCUT2D eigenvalue weighted by atomic mass is 10.1. The maximum atomic E-state index is 13.3. The Bertz CT molecular complexity index is 857. The summed E-state index contributed by atoms with van der Waals surface area (Å²) in [5.41, 5.74) is 3.52. The van der Waals surface area contributed by atoms with Gasteiger partial charge in [-0.2, -0.15) is 0 Å². The van der Waals surface area contributed by atoms with Crippen LogP contribution in [0, 0.1) is 13.8 Å². The van der Waals surface area contributed by atoms with Crippen LogP contribution in [-0.2, 0) is 21.4 Å². The van der Waals surface area contributed by atoms with Crippen LogP contribution in [0.1, 0.15) is 16.7 Å². The molecule has 0 unspecified atom stereocenters. The SMILES string of the molecule is C=C[C@H]1CN(S(=O)(=O)c2ccc(C)cc2)c2c(C)cccc2CO1. The lowest BCUT2D eigenvalue weighted by Gasteiger charge is -2.27. The average molecular weight is 343 g/mol. The molecular weight excluding hydrogens is 322 g/mol. The molecule has 2 aromatic carbocycles. The van der Waals surface area contributed by atoms with E-state index < -0.39 is 10.0 Å². The van der Waals surface area contributed by atoms with Gasteiger partial charge in [-0.05, 0) is 31.5 Å². The van der Waals surface area contributed by atoms with Gasteiger partial charge in [-0.1, -0.05) is 42.0 Å². The van der Waals surface area contributed by atoms with Crippen molar-refractivity contribution in [2.75, 3.05) is 10.8 Å². The minimum Gasteiger partial charge on any atom is -0.368 e. The first kappa shape index (κ1) is 16.7. The van der Waals surface area contributed by atoms with Crippen molar-refractivity contribution in [2.45, 2.75) is 31.5 Å². The van der Waals surface area contributed by atoms with E-state index in [9.17, 15) is 8.42 Å². The summed E-state index contributed by atoms with van der Waals surface area (Å²) in [6.07, 6.45) is 1.30. The molecule has 0 spiro atoms. The third-order valence-electron chi connectivity index (χ3n) is 4.24. The van der Waals surface area contributed by atoms with Crippen LogP contribution in [0.2, 0.25) is 0 Å². The fourth-order valence-corrected chi connectivity index (χ4v) is 4.47. The summed E-state index contributed by atoms with van der Waals surface area (Å²) < 4.78 is 33.8. The van der Waals surface area contributed by atoms with E-state index in [-0.39, 0.29) is 17.5 Å². The summed E-state index contributed by atoms with van der Waals surface area (Å²) >= 11 is 0.